The molecule has 0 aliphatic heterocycles. The number of carbonyl (C=O) groups excluding carboxylic acids is 2. The monoisotopic (exact) mass is 337 g/mol. The standard InChI is InChI=1S/C18H15N3O4/c19-18(23)20-14-8-6-13(7-9-14)17(22)24-11-15-10-16(25-21-15)12-4-2-1-3-5-12/h1-10H,11H2,(H3,19,20,23). The van der Waals surface area contributed by atoms with Gasteiger partial charge in [-0.2, -0.15) is 0 Å². The molecule has 2 aromatic carbocycles. The van der Waals surface area contributed by atoms with E-state index in [4.69, 9.17) is 15.0 Å². The van der Waals surface area contributed by atoms with Crippen LogP contribution in [0.4, 0.5) is 10.5 Å². The maximum absolute atomic E-state index is 12.0. The van der Waals surface area contributed by atoms with Gasteiger partial charge in [-0.1, -0.05) is 35.5 Å². The van der Waals surface area contributed by atoms with Gasteiger partial charge >= 0.3 is 12.0 Å². The smallest absolute Gasteiger partial charge is 0.338 e. The Hall–Kier alpha value is -3.61. The van der Waals surface area contributed by atoms with E-state index in [9.17, 15) is 9.59 Å². The van der Waals surface area contributed by atoms with Crippen molar-refractivity contribution < 1.29 is 18.8 Å². The first-order valence-electron chi connectivity index (χ1n) is 7.46. The highest BCUT2D eigenvalue weighted by Crippen LogP contribution is 2.20. The van der Waals surface area contributed by atoms with Crippen LogP contribution in [0, 0.1) is 0 Å². The Bertz CT molecular complexity index is 873. The fourth-order valence-corrected chi connectivity index (χ4v) is 2.17. The lowest BCUT2D eigenvalue weighted by Crippen LogP contribution is -2.19. The van der Waals surface area contributed by atoms with E-state index in [1.807, 2.05) is 30.3 Å². The van der Waals surface area contributed by atoms with Gasteiger partial charge < -0.3 is 20.3 Å². The number of urea groups is 1. The van der Waals surface area contributed by atoms with Gasteiger partial charge in [-0.05, 0) is 24.3 Å². The van der Waals surface area contributed by atoms with Crippen molar-refractivity contribution in [2.75, 3.05) is 5.32 Å². The van der Waals surface area contributed by atoms with Crippen molar-refractivity contribution in [3.8, 4) is 11.3 Å². The zero-order chi connectivity index (χ0) is 17.6. The minimum absolute atomic E-state index is 0.00352. The number of nitrogens with zero attached hydrogens (tertiary/aromatic N) is 1. The fraction of sp³-hybridized carbons (Fsp3) is 0.0556. The van der Waals surface area contributed by atoms with E-state index in [0.29, 0.717) is 22.7 Å². The third-order valence-corrected chi connectivity index (χ3v) is 3.36. The van der Waals surface area contributed by atoms with Crippen LogP contribution in [0.3, 0.4) is 0 Å². The van der Waals surface area contributed by atoms with Crippen LogP contribution < -0.4 is 11.1 Å². The Morgan fingerprint density at radius 2 is 1.80 bits per heavy atom. The summed E-state index contributed by atoms with van der Waals surface area (Å²) in [5, 5.41) is 6.30. The van der Waals surface area contributed by atoms with Gasteiger partial charge in [0.2, 0.25) is 0 Å². The molecule has 0 radical (unpaired) electrons. The van der Waals surface area contributed by atoms with Gasteiger partial charge in [-0.15, -0.1) is 0 Å². The van der Waals surface area contributed by atoms with Crippen molar-refractivity contribution in [2.24, 2.45) is 5.73 Å². The molecule has 126 valence electrons. The van der Waals surface area contributed by atoms with Crippen molar-refractivity contribution in [3.63, 3.8) is 0 Å². The normalized spacial score (nSPS) is 10.2. The number of carbonyl (C=O) groups is 2. The Labute approximate surface area is 143 Å². The maximum atomic E-state index is 12.0. The number of hydrogen-bond donors (Lipinski definition) is 2. The summed E-state index contributed by atoms with van der Waals surface area (Å²) in [7, 11) is 0. The molecule has 0 unspecified atom stereocenters. The summed E-state index contributed by atoms with van der Waals surface area (Å²) in [6.07, 6.45) is 0. The van der Waals surface area contributed by atoms with Gasteiger partial charge in [0.25, 0.3) is 0 Å². The average molecular weight is 337 g/mol. The highest BCUT2D eigenvalue weighted by Gasteiger charge is 2.11. The Morgan fingerprint density at radius 1 is 1.08 bits per heavy atom. The molecule has 0 saturated heterocycles. The Kier molecular flexibility index (Phi) is 4.75. The molecule has 3 rings (SSSR count). The summed E-state index contributed by atoms with van der Waals surface area (Å²) in [5.41, 5.74) is 7.27. The third kappa shape index (κ3) is 4.23. The summed E-state index contributed by atoms with van der Waals surface area (Å²) < 4.78 is 10.5. The van der Waals surface area contributed by atoms with Crippen LogP contribution in [0.15, 0.2) is 65.2 Å². The number of nitrogens with one attached hydrogen (secondary N) is 1. The van der Waals surface area contributed by atoms with Gasteiger partial charge in [0.15, 0.2) is 5.76 Å². The largest absolute Gasteiger partial charge is 0.455 e. The molecular formula is C18H15N3O4. The predicted molar refractivity (Wildman–Crippen MR) is 90.7 cm³/mol. The molecule has 7 nitrogen and oxygen atoms in total. The summed E-state index contributed by atoms with van der Waals surface area (Å²) >= 11 is 0. The van der Waals surface area contributed by atoms with Crippen molar-refractivity contribution in [1.82, 2.24) is 5.16 Å². The lowest BCUT2D eigenvalue weighted by molar-refractivity contribution is 0.0464. The minimum Gasteiger partial charge on any atom is -0.455 e. The second-order valence-corrected chi connectivity index (χ2v) is 5.19. The highest BCUT2D eigenvalue weighted by atomic mass is 16.5. The highest BCUT2D eigenvalue weighted by molar-refractivity contribution is 5.91. The average Bonchev–Trinajstić information content (AvgIpc) is 3.10. The summed E-state index contributed by atoms with van der Waals surface area (Å²) in [6, 6.07) is 16.7. The van der Waals surface area contributed by atoms with Crippen molar-refractivity contribution in [1.29, 1.82) is 0 Å². The van der Waals surface area contributed by atoms with Gasteiger partial charge in [0, 0.05) is 17.3 Å². The van der Waals surface area contributed by atoms with Crippen molar-refractivity contribution in [3.05, 3.63) is 71.9 Å². The van der Waals surface area contributed by atoms with E-state index < -0.39 is 12.0 Å². The van der Waals surface area contributed by atoms with Crippen LogP contribution in [0.1, 0.15) is 16.1 Å². The SMILES string of the molecule is NC(=O)Nc1ccc(C(=O)OCc2cc(-c3ccccc3)on2)cc1. The number of hydrogen-bond acceptors (Lipinski definition) is 5. The molecule has 7 heteroatoms. The molecule has 0 aliphatic rings. The minimum atomic E-state index is -0.671. The second-order valence-electron chi connectivity index (χ2n) is 5.19. The summed E-state index contributed by atoms with van der Waals surface area (Å²) in [6.45, 7) is -0.00352. The topological polar surface area (TPSA) is 107 Å². The lowest BCUT2D eigenvalue weighted by atomic mass is 10.2. The molecule has 2 amide bonds. The number of ether oxygens (including phenoxy) is 1. The van der Waals surface area contributed by atoms with E-state index in [-0.39, 0.29) is 6.61 Å². The number of anilines is 1. The molecule has 0 atom stereocenters. The second kappa shape index (κ2) is 7.31. The van der Waals surface area contributed by atoms with Gasteiger partial charge in [0.05, 0.1) is 5.56 Å². The number of aromatic nitrogens is 1. The molecule has 1 heterocycles. The van der Waals surface area contributed by atoms with Crippen LogP contribution >= 0.6 is 0 Å². The molecule has 0 bridgehead atoms. The summed E-state index contributed by atoms with van der Waals surface area (Å²) in [5.74, 6) is 0.100. The van der Waals surface area contributed by atoms with E-state index in [1.54, 1.807) is 18.2 Å². The predicted octanol–water partition coefficient (Wildman–Crippen LogP) is 3.19. The number of rotatable bonds is 5. The molecule has 1 aromatic heterocycles. The van der Waals surface area contributed by atoms with Crippen LogP contribution in [0.25, 0.3) is 11.3 Å². The van der Waals surface area contributed by atoms with Crippen LogP contribution in [-0.2, 0) is 11.3 Å². The fourth-order valence-electron chi connectivity index (χ4n) is 2.17. The van der Waals surface area contributed by atoms with Gasteiger partial charge in [-0.25, -0.2) is 9.59 Å². The van der Waals surface area contributed by atoms with Crippen LogP contribution in [0.5, 0.6) is 0 Å². The zero-order valence-corrected chi connectivity index (χ0v) is 13.1. The number of benzene rings is 2. The van der Waals surface area contributed by atoms with E-state index in [1.165, 1.54) is 12.1 Å². The molecule has 25 heavy (non-hydrogen) atoms. The summed E-state index contributed by atoms with van der Waals surface area (Å²) in [4.78, 5) is 22.8. The lowest BCUT2D eigenvalue weighted by Gasteiger charge is -2.04. The first-order chi connectivity index (χ1) is 12.1. The number of primary amides is 1. The van der Waals surface area contributed by atoms with E-state index in [0.717, 1.165) is 5.56 Å². The Balaban J connectivity index is 1.59. The first-order valence-corrected chi connectivity index (χ1v) is 7.46. The van der Waals surface area contributed by atoms with Crippen molar-refractivity contribution in [2.45, 2.75) is 6.61 Å². The van der Waals surface area contributed by atoms with Gasteiger partial charge in [-0.3, -0.25) is 0 Å². The van der Waals surface area contributed by atoms with E-state index >= 15 is 0 Å². The van der Waals surface area contributed by atoms with Gasteiger partial charge in [0.1, 0.15) is 12.3 Å². The maximum Gasteiger partial charge on any atom is 0.338 e. The molecule has 0 spiro atoms. The first kappa shape index (κ1) is 16.3. The molecule has 3 aromatic rings. The van der Waals surface area contributed by atoms with Crippen LogP contribution in [0.2, 0.25) is 0 Å². The Morgan fingerprint density at radius 3 is 2.48 bits per heavy atom. The number of amides is 2. The molecule has 0 saturated carbocycles. The van der Waals surface area contributed by atoms with Crippen molar-refractivity contribution >= 4 is 17.7 Å². The van der Waals surface area contributed by atoms with Crippen LogP contribution in [-0.4, -0.2) is 17.2 Å². The molecule has 0 fully saturated rings. The van der Waals surface area contributed by atoms with E-state index in [2.05, 4.69) is 10.5 Å². The number of esters is 1. The number of nitrogens with two attached hydrogens (primary N) is 1. The zero-order valence-electron chi connectivity index (χ0n) is 13.1. The molecule has 3 N–H and O–H groups in total. The quantitative estimate of drug-likeness (QED) is 0.695. The molecule has 0 aliphatic carbocycles. The third-order valence-electron chi connectivity index (χ3n) is 3.36. The molecular weight excluding hydrogens is 322 g/mol.